The minimum atomic E-state index is -0.520. The summed E-state index contributed by atoms with van der Waals surface area (Å²) in [5, 5.41) is 0. The van der Waals surface area contributed by atoms with Crippen LogP contribution < -0.4 is 21.5 Å². The van der Waals surface area contributed by atoms with E-state index in [9.17, 15) is 14.4 Å². The Balaban J connectivity index is 1.57. The second-order valence-electron chi connectivity index (χ2n) is 6.18. The largest absolute Gasteiger partial charge is 0.419 e. The van der Waals surface area contributed by atoms with Gasteiger partial charge in [0, 0.05) is 38.3 Å². The van der Waals surface area contributed by atoms with E-state index in [1.165, 1.54) is 4.57 Å². The molecule has 27 heavy (non-hydrogen) atoms. The fourth-order valence-corrected chi connectivity index (χ4v) is 2.63. The van der Waals surface area contributed by atoms with Crippen LogP contribution in [0.4, 0.5) is 5.69 Å². The van der Waals surface area contributed by atoms with Crippen LogP contribution in [0.25, 0.3) is 11.1 Å². The van der Waals surface area contributed by atoms with Crippen molar-refractivity contribution in [1.29, 1.82) is 0 Å². The molecular weight excluding hydrogens is 348 g/mol. The van der Waals surface area contributed by atoms with E-state index in [-0.39, 0.29) is 13.0 Å². The molecular formula is C19H20N4O4. The zero-order valence-corrected chi connectivity index (χ0v) is 15.1. The number of nitrogens with zero attached hydrogens (tertiary/aromatic N) is 2. The molecule has 0 saturated heterocycles. The van der Waals surface area contributed by atoms with Crippen LogP contribution in [0.15, 0.2) is 57.7 Å². The number of hydrazine groups is 1. The van der Waals surface area contributed by atoms with Gasteiger partial charge in [-0.15, -0.1) is 0 Å². The molecule has 140 valence electrons. The van der Waals surface area contributed by atoms with Crippen LogP contribution in [0.1, 0.15) is 16.8 Å². The number of rotatable bonds is 5. The molecule has 0 aliphatic carbocycles. The van der Waals surface area contributed by atoms with Crippen molar-refractivity contribution in [3.05, 3.63) is 64.6 Å². The maximum atomic E-state index is 12.2. The number of oxazole rings is 1. The van der Waals surface area contributed by atoms with Crippen LogP contribution in [-0.4, -0.2) is 30.5 Å². The first kappa shape index (κ1) is 18.2. The molecule has 2 amide bonds. The van der Waals surface area contributed by atoms with Crippen LogP contribution >= 0.6 is 0 Å². The van der Waals surface area contributed by atoms with Crippen molar-refractivity contribution in [1.82, 2.24) is 15.4 Å². The molecule has 3 rings (SSSR count). The summed E-state index contributed by atoms with van der Waals surface area (Å²) in [7, 11) is 3.75. The first-order valence-corrected chi connectivity index (χ1v) is 8.40. The third kappa shape index (κ3) is 4.17. The number of fused-ring (bicyclic) bond motifs is 1. The molecule has 0 radical (unpaired) electrons. The van der Waals surface area contributed by atoms with Gasteiger partial charge in [0.25, 0.3) is 5.91 Å². The van der Waals surface area contributed by atoms with Crippen molar-refractivity contribution in [2.75, 3.05) is 19.0 Å². The highest BCUT2D eigenvalue weighted by Crippen LogP contribution is 2.13. The first-order valence-electron chi connectivity index (χ1n) is 8.40. The topological polar surface area (TPSA) is 96.6 Å². The van der Waals surface area contributed by atoms with Crippen molar-refractivity contribution >= 4 is 28.6 Å². The number of amides is 2. The molecule has 0 saturated carbocycles. The summed E-state index contributed by atoms with van der Waals surface area (Å²) in [6, 6.07) is 14.0. The zero-order chi connectivity index (χ0) is 19.4. The number of benzene rings is 2. The number of hydrogen-bond donors (Lipinski definition) is 2. The van der Waals surface area contributed by atoms with Gasteiger partial charge in [-0.05, 0) is 30.3 Å². The van der Waals surface area contributed by atoms with Gasteiger partial charge in [0.2, 0.25) is 5.91 Å². The number of para-hydroxylation sites is 2. The van der Waals surface area contributed by atoms with Crippen LogP contribution in [0.3, 0.4) is 0 Å². The maximum Gasteiger partial charge on any atom is 0.419 e. The van der Waals surface area contributed by atoms with Gasteiger partial charge >= 0.3 is 5.76 Å². The van der Waals surface area contributed by atoms with Crippen LogP contribution in [0, 0.1) is 0 Å². The molecule has 0 aliphatic rings. The van der Waals surface area contributed by atoms with Crippen LogP contribution in [0.2, 0.25) is 0 Å². The van der Waals surface area contributed by atoms with E-state index in [2.05, 4.69) is 10.9 Å². The third-order valence-electron chi connectivity index (χ3n) is 4.08. The Bertz CT molecular complexity index is 1040. The highest BCUT2D eigenvalue weighted by atomic mass is 16.4. The first-order chi connectivity index (χ1) is 13.0. The van der Waals surface area contributed by atoms with Gasteiger partial charge < -0.3 is 9.32 Å². The van der Waals surface area contributed by atoms with Crippen LogP contribution in [0.5, 0.6) is 0 Å². The van der Waals surface area contributed by atoms with Crippen LogP contribution in [-0.2, 0) is 11.3 Å². The van der Waals surface area contributed by atoms with E-state index in [0.717, 1.165) is 5.69 Å². The van der Waals surface area contributed by atoms with Crippen molar-refractivity contribution < 1.29 is 14.0 Å². The van der Waals surface area contributed by atoms with E-state index >= 15 is 0 Å². The lowest BCUT2D eigenvalue weighted by molar-refractivity contribution is -0.122. The second-order valence-corrected chi connectivity index (χ2v) is 6.18. The van der Waals surface area contributed by atoms with E-state index in [1.807, 2.05) is 25.1 Å². The number of carbonyl (C=O) groups is 2. The summed E-state index contributed by atoms with van der Waals surface area (Å²) in [5.74, 6) is -1.35. The molecule has 0 bridgehead atoms. The van der Waals surface area contributed by atoms with E-state index in [0.29, 0.717) is 16.7 Å². The smallest absolute Gasteiger partial charge is 0.408 e. The molecule has 8 heteroatoms. The average Bonchev–Trinajstić information content (AvgIpc) is 2.99. The van der Waals surface area contributed by atoms with Gasteiger partial charge in [-0.1, -0.05) is 18.2 Å². The lowest BCUT2D eigenvalue weighted by Crippen LogP contribution is -2.42. The van der Waals surface area contributed by atoms with Gasteiger partial charge in [0.15, 0.2) is 5.58 Å². The van der Waals surface area contributed by atoms with Crippen molar-refractivity contribution in [2.45, 2.75) is 13.0 Å². The Kier molecular flexibility index (Phi) is 5.25. The molecule has 0 atom stereocenters. The molecule has 2 N–H and O–H groups in total. The van der Waals surface area contributed by atoms with Gasteiger partial charge in [-0.25, -0.2) is 4.79 Å². The lowest BCUT2D eigenvalue weighted by atomic mass is 10.2. The monoisotopic (exact) mass is 368 g/mol. The fourth-order valence-electron chi connectivity index (χ4n) is 2.63. The number of aryl methyl sites for hydroxylation is 1. The second kappa shape index (κ2) is 7.77. The van der Waals surface area contributed by atoms with Gasteiger partial charge in [-0.3, -0.25) is 25.0 Å². The SMILES string of the molecule is CN(C)c1cccc(C(=O)NNC(=O)CCn2c(=O)oc3ccccc32)c1. The molecule has 0 fully saturated rings. The Labute approximate surface area is 155 Å². The minimum absolute atomic E-state index is 0.0153. The number of anilines is 1. The molecule has 8 nitrogen and oxygen atoms in total. The van der Waals surface area contributed by atoms with E-state index < -0.39 is 17.6 Å². The minimum Gasteiger partial charge on any atom is -0.408 e. The summed E-state index contributed by atoms with van der Waals surface area (Å²) in [4.78, 5) is 37.9. The summed E-state index contributed by atoms with van der Waals surface area (Å²) in [5.41, 5.74) is 7.14. The molecule has 1 heterocycles. The molecule has 2 aromatic carbocycles. The standard InChI is InChI=1S/C19H20N4O4/c1-22(2)14-7-5-6-13(12-14)18(25)21-20-17(24)10-11-23-15-8-3-4-9-16(15)27-19(23)26/h3-9,12H,10-11H2,1-2H3,(H,20,24)(H,21,25). The quantitative estimate of drug-likeness (QED) is 0.666. The maximum absolute atomic E-state index is 12.2. The van der Waals surface area contributed by atoms with Crippen molar-refractivity contribution in [2.24, 2.45) is 0 Å². The summed E-state index contributed by atoms with van der Waals surface area (Å²) in [6.07, 6.45) is 0.0153. The summed E-state index contributed by atoms with van der Waals surface area (Å²) in [6.45, 7) is 0.146. The normalized spacial score (nSPS) is 10.6. The Morgan fingerprint density at radius 1 is 1.07 bits per heavy atom. The van der Waals surface area contributed by atoms with E-state index in [4.69, 9.17) is 4.42 Å². The molecule has 1 aromatic heterocycles. The predicted octanol–water partition coefficient (Wildman–Crippen LogP) is 1.51. The molecule has 0 aliphatic heterocycles. The Hall–Kier alpha value is -3.55. The average molecular weight is 368 g/mol. The summed E-state index contributed by atoms with van der Waals surface area (Å²) >= 11 is 0. The van der Waals surface area contributed by atoms with Gasteiger partial charge in [-0.2, -0.15) is 0 Å². The third-order valence-corrected chi connectivity index (χ3v) is 4.08. The number of hydrogen-bond acceptors (Lipinski definition) is 5. The molecule has 3 aromatic rings. The molecule has 0 spiro atoms. The van der Waals surface area contributed by atoms with Crippen molar-refractivity contribution in [3.63, 3.8) is 0 Å². The molecule has 0 unspecified atom stereocenters. The van der Waals surface area contributed by atoms with E-state index in [1.54, 1.807) is 42.5 Å². The number of nitrogens with one attached hydrogen (secondary N) is 2. The lowest BCUT2D eigenvalue weighted by Gasteiger charge is -2.13. The zero-order valence-electron chi connectivity index (χ0n) is 15.1. The number of aromatic nitrogens is 1. The Morgan fingerprint density at radius 2 is 1.85 bits per heavy atom. The number of carbonyl (C=O) groups excluding carboxylic acids is 2. The highest BCUT2D eigenvalue weighted by molar-refractivity contribution is 5.96. The van der Waals surface area contributed by atoms with Crippen molar-refractivity contribution in [3.8, 4) is 0 Å². The fraction of sp³-hybridized carbons (Fsp3) is 0.211. The van der Waals surface area contributed by atoms with Gasteiger partial charge in [0.05, 0.1) is 5.52 Å². The predicted molar refractivity (Wildman–Crippen MR) is 101 cm³/mol. The Morgan fingerprint density at radius 3 is 2.63 bits per heavy atom. The highest BCUT2D eigenvalue weighted by Gasteiger charge is 2.12. The van der Waals surface area contributed by atoms with Gasteiger partial charge in [0.1, 0.15) is 0 Å². The summed E-state index contributed by atoms with van der Waals surface area (Å²) < 4.78 is 6.51.